The highest BCUT2D eigenvalue weighted by molar-refractivity contribution is 5.31. The summed E-state index contributed by atoms with van der Waals surface area (Å²) >= 11 is 0. The first-order valence-electron chi connectivity index (χ1n) is 7.18. The maximum Gasteiger partial charge on any atom is 0.128 e. The third kappa shape index (κ3) is 3.26. The summed E-state index contributed by atoms with van der Waals surface area (Å²) in [5.74, 6) is 0.0804. The van der Waals surface area contributed by atoms with Crippen LogP contribution in [0.4, 0.5) is 4.39 Å². The molecule has 2 atom stereocenters. The van der Waals surface area contributed by atoms with Gasteiger partial charge in [-0.15, -0.1) is 0 Å². The van der Waals surface area contributed by atoms with Crippen LogP contribution in [0.2, 0.25) is 0 Å². The van der Waals surface area contributed by atoms with Crippen molar-refractivity contribution in [2.75, 3.05) is 6.54 Å². The minimum absolute atomic E-state index is 0.0118. The lowest BCUT2D eigenvalue weighted by molar-refractivity contribution is 0.455. The van der Waals surface area contributed by atoms with Crippen LogP contribution in [-0.4, -0.2) is 6.54 Å². The Morgan fingerprint density at radius 2 is 1.80 bits per heavy atom. The Labute approximate surface area is 120 Å². The average molecular weight is 271 g/mol. The zero-order valence-corrected chi connectivity index (χ0v) is 12.4. The normalized spacial score (nSPS) is 14.0. The molecule has 106 valence electrons. The van der Waals surface area contributed by atoms with Gasteiger partial charge in [-0.3, -0.25) is 0 Å². The van der Waals surface area contributed by atoms with Crippen LogP contribution in [0.3, 0.4) is 0 Å². The molecule has 2 unspecified atom stereocenters. The molecule has 2 aromatic carbocycles. The molecule has 0 bridgehead atoms. The third-order valence-corrected chi connectivity index (χ3v) is 3.74. The molecule has 2 rings (SSSR count). The molecule has 0 aliphatic carbocycles. The van der Waals surface area contributed by atoms with Crippen molar-refractivity contribution < 1.29 is 4.39 Å². The maximum absolute atomic E-state index is 14.2. The van der Waals surface area contributed by atoms with Gasteiger partial charge in [0.2, 0.25) is 0 Å². The van der Waals surface area contributed by atoms with E-state index in [1.807, 2.05) is 37.3 Å². The van der Waals surface area contributed by atoms with Crippen LogP contribution in [0.1, 0.15) is 42.5 Å². The molecule has 20 heavy (non-hydrogen) atoms. The smallest absolute Gasteiger partial charge is 0.128 e. The van der Waals surface area contributed by atoms with Gasteiger partial charge in [0.15, 0.2) is 0 Å². The third-order valence-electron chi connectivity index (χ3n) is 3.74. The van der Waals surface area contributed by atoms with Gasteiger partial charge in [-0.1, -0.05) is 61.9 Å². The zero-order chi connectivity index (χ0) is 14.5. The van der Waals surface area contributed by atoms with Gasteiger partial charge in [0.1, 0.15) is 5.82 Å². The van der Waals surface area contributed by atoms with Crippen molar-refractivity contribution in [3.63, 3.8) is 0 Å². The number of halogens is 1. The molecular weight excluding hydrogens is 249 g/mol. The second-order valence-electron chi connectivity index (χ2n) is 5.26. The lowest BCUT2D eigenvalue weighted by atomic mass is 9.87. The Balaban J connectivity index is 2.38. The van der Waals surface area contributed by atoms with Crippen molar-refractivity contribution in [1.29, 1.82) is 0 Å². The van der Waals surface area contributed by atoms with Crippen LogP contribution >= 0.6 is 0 Å². The van der Waals surface area contributed by atoms with E-state index in [2.05, 4.69) is 31.3 Å². The van der Waals surface area contributed by atoms with E-state index in [0.717, 1.165) is 17.7 Å². The number of likely N-dealkylation sites (N-methyl/N-ethyl adjacent to an activating group) is 1. The number of aryl methyl sites for hydroxylation is 1. The Hall–Kier alpha value is -1.67. The highest BCUT2D eigenvalue weighted by Crippen LogP contribution is 2.32. The first-order valence-corrected chi connectivity index (χ1v) is 7.18. The molecule has 0 radical (unpaired) electrons. The summed E-state index contributed by atoms with van der Waals surface area (Å²) < 4.78 is 14.2. The van der Waals surface area contributed by atoms with Gasteiger partial charge in [0.25, 0.3) is 0 Å². The summed E-state index contributed by atoms with van der Waals surface area (Å²) in [6.07, 6.45) is 0. The van der Waals surface area contributed by atoms with E-state index in [1.54, 1.807) is 6.07 Å². The number of hydrogen-bond donors (Lipinski definition) is 1. The second-order valence-corrected chi connectivity index (χ2v) is 5.26. The minimum atomic E-state index is -0.135. The van der Waals surface area contributed by atoms with Crippen LogP contribution in [0, 0.1) is 12.7 Å². The molecule has 1 nitrogen and oxygen atoms in total. The summed E-state index contributed by atoms with van der Waals surface area (Å²) in [6.45, 7) is 7.01. The van der Waals surface area contributed by atoms with Crippen molar-refractivity contribution in [2.45, 2.75) is 32.7 Å². The summed E-state index contributed by atoms with van der Waals surface area (Å²) in [5.41, 5.74) is 3.06. The molecule has 0 fully saturated rings. The first-order chi connectivity index (χ1) is 9.63. The Kier molecular flexibility index (Phi) is 4.91. The molecule has 0 aliphatic heterocycles. The van der Waals surface area contributed by atoms with Crippen LogP contribution in [0.25, 0.3) is 0 Å². The number of rotatable bonds is 5. The van der Waals surface area contributed by atoms with Gasteiger partial charge in [-0.2, -0.15) is 0 Å². The van der Waals surface area contributed by atoms with E-state index < -0.39 is 0 Å². The molecule has 0 amide bonds. The topological polar surface area (TPSA) is 12.0 Å². The van der Waals surface area contributed by atoms with E-state index >= 15 is 0 Å². The van der Waals surface area contributed by atoms with Gasteiger partial charge in [0.05, 0.1) is 0 Å². The van der Waals surface area contributed by atoms with E-state index in [4.69, 9.17) is 0 Å². The van der Waals surface area contributed by atoms with Crippen LogP contribution in [0.5, 0.6) is 0 Å². The summed E-state index contributed by atoms with van der Waals surface area (Å²) in [6, 6.07) is 15.6. The van der Waals surface area contributed by atoms with Crippen molar-refractivity contribution in [3.8, 4) is 0 Å². The van der Waals surface area contributed by atoms with E-state index in [0.29, 0.717) is 0 Å². The van der Waals surface area contributed by atoms with Crippen molar-refractivity contribution in [1.82, 2.24) is 5.32 Å². The Morgan fingerprint density at radius 1 is 1.10 bits per heavy atom. The minimum Gasteiger partial charge on any atom is -0.310 e. The highest BCUT2D eigenvalue weighted by Gasteiger charge is 2.22. The molecule has 1 N–H and O–H groups in total. The quantitative estimate of drug-likeness (QED) is 0.838. The van der Waals surface area contributed by atoms with E-state index in [1.165, 1.54) is 5.56 Å². The molecule has 0 heterocycles. The molecule has 0 spiro atoms. The molecule has 0 aromatic heterocycles. The maximum atomic E-state index is 14.2. The SMILES string of the molecule is CCNC(c1cc(C)ccc1F)C(C)c1ccccc1. The molecule has 0 saturated carbocycles. The van der Waals surface area contributed by atoms with E-state index in [9.17, 15) is 4.39 Å². The van der Waals surface area contributed by atoms with Crippen molar-refractivity contribution >= 4 is 0 Å². The zero-order valence-electron chi connectivity index (χ0n) is 12.4. The first kappa shape index (κ1) is 14.7. The summed E-state index contributed by atoms with van der Waals surface area (Å²) in [7, 11) is 0. The fraction of sp³-hybridized carbons (Fsp3) is 0.333. The van der Waals surface area contributed by atoms with Crippen LogP contribution in [0.15, 0.2) is 48.5 Å². The standard InChI is InChI=1S/C18H22FN/c1-4-20-18(14(3)15-8-6-5-7-9-15)16-12-13(2)10-11-17(16)19/h5-12,14,18,20H,4H2,1-3H3. The number of nitrogens with one attached hydrogen (secondary N) is 1. The largest absolute Gasteiger partial charge is 0.310 e. The van der Waals surface area contributed by atoms with Gasteiger partial charge in [-0.25, -0.2) is 4.39 Å². The van der Waals surface area contributed by atoms with Gasteiger partial charge >= 0.3 is 0 Å². The monoisotopic (exact) mass is 271 g/mol. The van der Waals surface area contributed by atoms with Crippen LogP contribution in [-0.2, 0) is 0 Å². The predicted octanol–water partition coefficient (Wildman–Crippen LogP) is 4.59. The number of benzene rings is 2. The van der Waals surface area contributed by atoms with Crippen molar-refractivity contribution in [3.05, 3.63) is 71.0 Å². The van der Waals surface area contributed by atoms with Gasteiger partial charge < -0.3 is 5.32 Å². The average Bonchev–Trinajstić information content (AvgIpc) is 2.48. The lowest BCUT2D eigenvalue weighted by Crippen LogP contribution is -2.26. The Bertz CT molecular complexity index is 551. The van der Waals surface area contributed by atoms with Crippen molar-refractivity contribution in [2.24, 2.45) is 0 Å². The highest BCUT2D eigenvalue weighted by atomic mass is 19.1. The van der Waals surface area contributed by atoms with E-state index in [-0.39, 0.29) is 17.8 Å². The second kappa shape index (κ2) is 6.67. The lowest BCUT2D eigenvalue weighted by Gasteiger charge is -2.26. The molecule has 2 heteroatoms. The Morgan fingerprint density at radius 3 is 2.45 bits per heavy atom. The van der Waals surface area contributed by atoms with Gasteiger partial charge in [0, 0.05) is 17.5 Å². The van der Waals surface area contributed by atoms with Crippen LogP contribution < -0.4 is 5.32 Å². The summed E-state index contributed by atoms with van der Waals surface area (Å²) in [4.78, 5) is 0. The fourth-order valence-electron chi connectivity index (χ4n) is 2.63. The molecule has 2 aromatic rings. The number of hydrogen-bond acceptors (Lipinski definition) is 1. The molecule has 0 aliphatic rings. The fourth-order valence-corrected chi connectivity index (χ4v) is 2.63. The molecule has 0 saturated heterocycles. The van der Waals surface area contributed by atoms with Gasteiger partial charge in [-0.05, 0) is 25.1 Å². The summed E-state index contributed by atoms with van der Waals surface area (Å²) in [5, 5.41) is 3.43. The molecular formula is C18H22FN. The predicted molar refractivity (Wildman–Crippen MR) is 82.4 cm³/mol.